The van der Waals surface area contributed by atoms with E-state index < -0.39 is 5.92 Å². The average molecular weight is 235 g/mol. The van der Waals surface area contributed by atoms with E-state index in [0.29, 0.717) is 11.3 Å². The van der Waals surface area contributed by atoms with Gasteiger partial charge in [0.2, 0.25) is 0 Å². The van der Waals surface area contributed by atoms with Gasteiger partial charge in [-0.1, -0.05) is 6.07 Å². The normalized spacial score (nSPS) is 17.4. The third-order valence-electron chi connectivity index (χ3n) is 2.62. The van der Waals surface area contributed by atoms with E-state index in [1.807, 2.05) is 0 Å². The van der Waals surface area contributed by atoms with Crippen molar-refractivity contribution in [3.8, 4) is 0 Å². The van der Waals surface area contributed by atoms with Gasteiger partial charge >= 0.3 is 0 Å². The number of carbonyl (C=O) groups is 2. The van der Waals surface area contributed by atoms with Crippen LogP contribution in [0.1, 0.15) is 5.56 Å². The van der Waals surface area contributed by atoms with Gasteiger partial charge in [-0.2, -0.15) is 0 Å². The SMILES string of the molecule is O=COCC(=O)C1C=Nc2cccc(F)c2C1. The zero-order valence-electron chi connectivity index (χ0n) is 8.93. The highest BCUT2D eigenvalue weighted by atomic mass is 19.1. The third-order valence-corrected chi connectivity index (χ3v) is 2.62. The van der Waals surface area contributed by atoms with Crippen molar-refractivity contribution in [2.75, 3.05) is 6.61 Å². The lowest BCUT2D eigenvalue weighted by Crippen LogP contribution is -2.25. The van der Waals surface area contributed by atoms with Crippen LogP contribution < -0.4 is 0 Å². The van der Waals surface area contributed by atoms with E-state index in [0.717, 1.165) is 0 Å². The summed E-state index contributed by atoms with van der Waals surface area (Å²) in [5, 5.41) is 0. The van der Waals surface area contributed by atoms with E-state index in [4.69, 9.17) is 0 Å². The van der Waals surface area contributed by atoms with Crippen molar-refractivity contribution >= 4 is 24.2 Å². The molecule has 4 nitrogen and oxygen atoms in total. The Hall–Kier alpha value is -2.04. The molecule has 88 valence electrons. The molecule has 0 saturated heterocycles. The summed E-state index contributed by atoms with van der Waals surface area (Å²) in [4.78, 5) is 25.6. The van der Waals surface area contributed by atoms with Gasteiger partial charge in [-0.25, -0.2) is 4.39 Å². The first kappa shape index (κ1) is 11.4. The number of Topliss-reactive ketones (excluding diaryl/α,β-unsaturated/α-hetero) is 1. The molecule has 1 heterocycles. The van der Waals surface area contributed by atoms with Crippen LogP contribution in [0.5, 0.6) is 0 Å². The summed E-state index contributed by atoms with van der Waals surface area (Å²) in [6.45, 7) is -0.0869. The van der Waals surface area contributed by atoms with Crippen molar-refractivity contribution in [3.63, 3.8) is 0 Å². The molecule has 1 unspecified atom stereocenters. The highest BCUT2D eigenvalue weighted by Crippen LogP contribution is 2.28. The van der Waals surface area contributed by atoms with E-state index in [9.17, 15) is 14.0 Å². The highest BCUT2D eigenvalue weighted by molar-refractivity contribution is 5.98. The van der Waals surface area contributed by atoms with Gasteiger partial charge < -0.3 is 4.74 Å². The van der Waals surface area contributed by atoms with E-state index in [1.165, 1.54) is 12.3 Å². The minimum absolute atomic E-state index is 0.215. The van der Waals surface area contributed by atoms with Crippen LogP contribution in [0.3, 0.4) is 0 Å². The van der Waals surface area contributed by atoms with E-state index >= 15 is 0 Å². The quantitative estimate of drug-likeness (QED) is 0.742. The number of nitrogens with zero attached hydrogens (tertiary/aromatic N) is 1. The van der Waals surface area contributed by atoms with Crippen molar-refractivity contribution in [1.82, 2.24) is 0 Å². The molecule has 5 heteroatoms. The first-order valence-electron chi connectivity index (χ1n) is 5.12. The summed E-state index contributed by atoms with van der Waals surface area (Å²) in [7, 11) is 0. The van der Waals surface area contributed by atoms with Gasteiger partial charge in [-0.15, -0.1) is 0 Å². The molecular formula is C12H10FNO3. The second-order valence-corrected chi connectivity index (χ2v) is 3.70. The van der Waals surface area contributed by atoms with Crippen molar-refractivity contribution in [2.24, 2.45) is 10.9 Å². The highest BCUT2D eigenvalue weighted by Gasteiger charge is 2.23. The third kappa shape index (κ3) is 2.38. The Morgan fingerprint density at radius 3 is 3.18 bits per heavy atom. The van der Waals surface area contributed by atoms with Crippen molar-refractivity contribution in [2.45, 2.75) is 6.42 Å². The Labute approximate surface area is 97.1 Å². The minimum atomic E-state index is -0.528. The zero-order valence-corrected chi connectivity index (χ0v) is 8.93. The van der Waals surface area contributed by atoms with Crippen LogP contribution >= 0.6 is 0 Å². The molecule has 0 aliphatic carbocycles. The molecule has 0 aromatic heterocycles. The van der Waals surface area contributed by atoms with Crippen LogP contribution in [0.25, 0.3) is 0 Å². The van der Waals surface area contributed by atoms with Crippen LogP contribution in [0, 0.1) is 11.7 Å². The topological polar surface area (TPSA) is 55.7 Å². The van der Waals surface area contributed by atoms with E-state index in [-0.39, 0.29) is 31.1 Å². The molecule has 0 fully saturated rings. The van der Waals surface area contributed by atoms with Gasteiger partial charge in [0.15, 0.2) is 5.78 Å². The van der Waals surface area contributed by atoms with Gasteiger partial charge in [0, 0.05) is 11.8 Å². The lowest BCUT2D eigenvalue weighted by atomic mass is 9.93. The average Bonchev–Trinajstić information content (AvgIpc) is 2.36. The lowest BCUT2D eigenvalue weighted by Gasteiger charge is -2.17. The zero-order chi connectivity index (χ0) is 12.3. The molecule has 0 radical (unpaired) electrons. The Morgan fingerprint density at radius 1 is 1.59 bits per heavy atom. The predicted octanol–water partition coefficient (Wildman–Crippen LogP) is 1.44. The summed E-state index contributed by atoms with van der Waals surface area (Å²) in [5.41, 5.74) is 0.977. The lowest BCUT2D eigenvalue weighted by molar-refractivity contribution is -0.137. The number of hydrogen-bond donors (Lipinski definition) is 0. The molecule has 1 aromatic rings. The molecule has 17 heavy (non-hydrogen) atoms. The number of rotatable bonds is 4. The largest absolute Gasteiger partial charge is 0.460 e. The Bertz CT molecular complexity index is 485. The summed E-state index contributed by atoms with van der Waals surface area (Å²) >= 11 is 0. The number of benzene rings is 1. The van der Waals surface area contributed by atoms with Crippen molar-refractivity contribution < 1.29 is 18.7 Å². The first-order valence-corrected chi connectivity index (χ1v) is 5.12. The first-order chi connectivity index (χ1) is 8.22. The summed E-state index contributed by atoms with van der Waals surface area (Å²) in [6.07, 6.45) is 1.73. The Morgan fingerprint density at radius 2 is 2.41 bits per heavy atom. The number of ether oxygens (including phenoxy) is 1. The number of halogens is 1. The number of carbonyl (C=O) groups excluding carboxylic acids is 2. The number of aliphatic imine (C=N–C) groups is 1. The van der Waals surface area contributed by atoms with Gasteiger partial charge in [0.25, 0.3) is 6.47 Å². The van der Waals surface area contributed by atoms with Gasteiger partial charge in [0.05, 0.1) is 11.6 Å². The van der Waals surface area contributed by atoms with Crippen LogP contribution in [0.15, 0.2) is 23.2 Å². The summed E-state index contributed by atoms with van der Waals surface area (Å²) in [5.74, 6) is -1.18. The standard InChI is InChI=1S/C12H10FNO3/c13-10-2-1-3-11-9(10)4-8(5-14-11)12(16)6-17-7-15/h1-3,5,7-8H,4,6H2. The van der Waals surface area contributed by atoms with Gasteiger partial charge in [0.1, 0.15) is 12.4 Å². The summed E-state index contributed by atoms with van der Waals surface area (Å²) in [6, 6.07) is 4.60. The molecule has 0 N–H and O–H groups in total. The second-order valence-electron chi connectivity index (χ2n) is 3.70. The number of hydrogen-bond acceptors (Lipinski definition) is 4. The molecule has 0 saturated carbocycles. The fraction of sp³-hybridized carbons (Fsp3) is 0.250. The molecule has 1 aliphatic rings. The maximum absolute atomic E-state index is 13.5. The smallest absolute Gasteiger partial charge is 0.293 e. The molecular weight excluding hydrogens is 225 g/mol. The fourth-order valence-corrected chi connectivity index (χ4v) is 1.73. The van der Waals surface area contributed by atoms with Crippen LogP contribution in [0.4, 0.5) is 10.1 Å². The van der Waals surface area contributed by atoms with Crippen LogP contribution in [-0.4, -0.2) is 25.1 Å². The van der Waals surface area contributed by atoms with Gasteiger partial charge in [-0.3, -0.25) is 14.6 Å². The van der Waals surface area contributed by atoms with Gasteiger partial charge in [-0.05, 0) is 18.6 Å². The van der Waals surface area contributed by atoms with E-state index in [2.05, 4.69) is 9.73 Å². The summed E-state index contributed by atoms with van der Waals surface area (Å²) < 4.78 is 17.9. The minimum Gasteiger partial charge on any atom is -0.460 e. The van der Waals surface area contributed by atoms with Crippen molar-refractivity contribution in [1.29, 1.82) is 0 Å². The second kappa shape index (κ2) is 4.86. The fourth-order valence-electron chi connectivity index (χ4n) is 1.73. The number of ketones is 1. The Balaban J connectivity index is 2.16. The molecule has 1 aliphatic heterocycles. The predicted molar refractivity (Wildman–Crippen MR) is 58.8 cm³/mol. The molecule has 1 atom stereocenters. The van der Waals surface area contributed by atoms with Crippen molar-refractivity contribution in [3.05, 3.63) is 29.6 Å². The van der Waals surface area contributed by atoms with E-state index in [1.54, 1.807) is 12.1 Å². The maximum atomic E-state index is 13.5. The molecule has 0 amide bonds. The Kier molecular flexibility index (Phi) is 3.27. The molecule has 0 bridgehead atoms. The molecule has 1 aromatic carbocycles. The van der Waals surface area contributed by atoms with Crippen LogP contribution in [-0.2, 0) is 20.7 Å². The molecule has 0 spiro atoms. The van der Waals surface area contributed by atoms with Crippen LogP contribution in [0.2, 0.25) is 0 Å². The number of fused-ring (bicyclic) bond motifs is 1. The monoisotopic (exact) mass is 235 g/mol. The molecule has 2 rings (SSSR count). The maximum Gasteiger partial charge on any atom is 0.293 e.